The van der Waals surface area contributed by atoms with Gasteiger partial charge in [-0.2, -0.15) is 5.10 Å². The Balaban J connectivity index is 1.54. The van der Waals surface area contributed by atoms with E-state index >= 15 is 0 Å². The molecule has 5 aromatic rings. The highest BCUT2D eigenvalue weighted by atomic mass is 16.1. The second-order valence-corrected chi connectivity index (χ2v) is 7.55. The molecule has 0 bridgehead atoms. The van der Waals surface area contributed by atoms with Crippen LogP contribution < -0.4 is 5.32 Å². The van der Waals surface area contributed by atoms with Crippen molar-refractivity contribution in [2.24, 2.45) is 7.05 Å². The molecule has 0 atom stereocenters. The Bertz CT molecular complexity index is 1400. The number of pyridine rings is 1. The number of hydrogen-bond acceptors (Lipinski definition) is 5. The summed E-state index contributed by atoms with van der Waals surface area (Å²) in [6.07, 6.45) is 1.61. The van der Waals surface area contributed by atoms with Crippen LogP contribution in [0.4, 0.5) is 5.95 Å². The van der Waals surface area contributed by atoms with Crippen molar-refractivity contribution in [3.8, 4) is 11.3 Å². The lowest BCUT2D eigenvalue weighted by Gasteiger charge is -2.10. The molecular weight excluding hydrogens is 402 g/mol. The summed E-state index contributed by atoms with van der Waals surface area (Å²) < 4.78 is 3.51. The Morgan fingerprint density at radius 1 is 1.03 bits per heavy atom. The molecular formula is C24H21N7O. The predicted molar refractivity (Wildman–Crippen MR) is 122 cm³/mol. The van der Waals surface area contributed by atoms with Crippen molar-refractivity contribution in [3.63, 3.8) is 0 Å². The van der Waals surface area contributed by atoms with E-state index in [0.717, 1.165) is 22.2 Å². The molecule has 1 N–H and O–H groups in total. The molecule has 5 rings (SSSR count). The van der Waals surface area contributed by atoms with Crippen LogP contribution >= 0.6 is 0 Å². The molecule has 0 aliphatic rings. The van der Waals surface area contributed by atoms with E-state index in [1.165, 1.54) is 0 Å². The highest BCUT2D eigenvalue weighted by molar-refractivity contribution is 6.12. The van der Waals surface area contributed by atoms with Crippen molar-refractivity contribution < 1.29 is 4.79 Å². The van der Waals surface area contributed by atoms with Gasteiger partial charge < -0.3 is 0 Å². The molecule has 0 aliphatic heterocycles. The summed E-state index contributed by atoms with van der Waals surface area (Å²) in [5, 5.41) is 16.2. The Labute approximate surface area is 184 Å². The largest absolute Gasteiger partial charge is 0.295 e. The average Bonchev–Trinajstić information content (AvgIpc) is 3.37. The smallest absolute Gasteiger partial charge is 0.258 e. The zero-order valence-electron chi connectivity index (χ0n) is 17.7. The molecule has 0 spiro atoms. The van der Waals surface area contributed by atoms with Crippen molar-refractivity contribution in [3.05, 3.63) is 89.9 Å². The number of nitrogens with one attached hydrogen (secondary N) is 1. The highest BCUT2D eigenvalue weighted by Crippen LogP contribution is 2.27. The van der Waals surface area contributed by atoms with Crippen LogP contribution in [0.25, 0.3) is 22.3 Å². The molecule has 1 amide bonds. The fraction of sp³-hybridized carbons (Fsp3) is 0.125. The Morgan fingerprint density at radius 3 is 2.50 bits per heavy atom. The molecule has 0 unspecified atom stereocenters. The second-order valence-electron chi connectivity index (χ2n) is 7.55. The van der Waals surface area contributed by atoms with Crippen LogP contribution in [0.5, 0.6) is 0 Å². The van der Waals surface area contributed by atoms with Gasteiger partial charge in [0.2, 0.25) is 5.95 Å². The van der Waals surface area contributed by atoms with Gasteiger partial charge in [0.05, 0.1) is 28.9 Å². The summed E-state index contributed by atoms with van der Waals surface area (Å²) in [4.78, 5) is 18.2. The van der Waals surface area contributed by atoms with Crippen LogP contribution in [0, 0.1) is 6.92 Å². The lowest BCUT2D eigenvalue weighted by molar-refractivity contribution is 0.102. The van der Waals surface area contributed by atoms with E-state index in [1.54, 1.807) is 21.6 Å². The number of carbonyl (C=O) groups is 1. The number of anilines is 1. The monoisotopic (exact) mass is 423 g/mol. The Morgan fingerprint density at radius 2 is 1.75 bits per heavy atom. The van der Waals surface area contributed by atoms with E-state index in [-0.39, 0.29) is 5.91 Å². The third kappa shape index (κ3) is 3.62. The van der Waals surface area contributed by atoms with Gasteiger partial charge in [0.25, 0.3) is 5.91 Å². The van der Waals surface area contributed by atoms with Gasteiger partial charge in [-0.05, 0) is 18.6 Å². The minimum absolute atomic E-state index is 0.284. The standard InChI is InChI=1S/C24H21N7O/c1-16-21-19(13-20(18-11-7-4-8-12-18)26-22(21)30(2)29-16)23(32)27-24-28-25-15-31(24)14-17-9-5-3-6-10-17/h3-13,15H,14H2,1-2H3,(H,27,28,32). The molecule has 0 saturated carbocycles. The van der Waals surface area contributed by atoms with Crippen molar-refractivity contribution in [1.29, 1.82) is 0 Å². The molecule has 8 heteroatoms. The van der Waals surface area contributed by atoms with Crippen LogP contribution in [0.15, 0.2) is 73.1 Å². The van der Waals surface area contributed by atoms with Gasteiger partial charge >= 0.3 is 0 Å². The molecule has 0 saturated heterocycles. The number of hydrogen-bond donors (Lipinski definition) is 1. The topological polar surface area (TPSA) is 90.5 Å². The molecule has 0 fully saturated rings. The maximum atomic E-state index is 13.4. The third-order valence-corrected chi connectivity index (χ3v) is 5.32. The van der Waals surface area contributed by atoms with Crippen LogP contribution in [0.3, 0.4) is 0 Å². The summed E-state index contributed by atoms with van der Waals surface area (Å²) in [6.45, 7) is 2.43. The minimum Gasteiger partial charge on any atom is -0.295 e. The van der Waals surface area contributed by atoms with Crippen LogP contribution in [-0.4, -0.2) is 35.4 Å². The fourth-order valence-electron chi connectivity index (χ4n) is 3.80. The van der Waals surface area contributed by atoms with Gasteiger partial charge in [-0.25, -0.2) is 4.98 Å². The lowest BCUT2D eigenvalue weighted by Crippen LogP contribution is -2.17. The molecule has 32 heavy (non-hydrogen) atoms. The maximum absolute atomic E-state index is 13.4. The third-order valence-electron chi connectivity index (χ3n) is 5.32. The molecule has 158 valence electrons. The SMILES string of the molecule is Cc1nn(C)c2nc(-c3ccccc3)cc(C(=O)Nc3nncn3Cc3ccccc3)c12. The first-order valence-electron chi connectivity index (χ1n) is 10.2. The molecule has 0 radical (unpaired) electrons. The molecule has 3 aromatic heterocycles. The van der Waals surface area contributed by atoms with Crippen molar-refractivity contribution in [2.75, 3.05) is 5.32 Å². The number of nitrogens with zero attached hydrogens (tertiary/aromatic N) is 6. The fourth-order valence-corrected chi connectivity index (χ4v) is 3.80. The van der Waals surface area contributed by atoms with E-state index in [0.29, 0.717) is 29.4 Å². The molecule has 2 aromatic carbocycles. The van der Waals surface area contributed by atoms with Gasteiger partial charge in [0.1, 0.15) is 6.33 Å². The van der Waals surface area contributed by atoms with Crippen LogP contribution in [0.1, 0.15) is 21.6 Å². The van der Waals surface area contributed by atoms with E-state index < -0.39 is 0 Å². The summed E-state index contributed by atoms with van der Waals surface area (Å²) >= 11 is 0. The van der Waals surface area contributed by atoms with Crippen molar-refractivity contribution in [2.45, 2.75) is 13.5 Å². The molecule has 3 heterocycles. The number of rotatable bonds is 5. The second kappa shape index (κ2) is 8.07. The van der Waals surface area contributed by atoms with Gasteiger partial charge in [-0.3, -0.25) is 19.4 Å². The van der Waals surface area contributed by atoms with E-state index in [1.807, 2.05) is 74.6 Å². The maximum Gasteiger partial charge on any atom is 0.258 e. The van der Waals surface area contributed by atoms with E-state index in [2.05, 4.69) is 20.6 Å². The lowest BCUT2D eigenvalue weighted by atomic mass is 10.0. The Kier molecular flexibility index (Phi) is 4.95. The number of benzene rings is 2. The first-order chi connectivity index (χ1) is 15.6. The normalized spacial score (nSPS) is 11.1. The highest BCUT2D eigenvalue weighted by Gasteiger charge is 2.20. The van der Waals surface area contributed by atoms with Crippen LogP contribution in [0.2, 0.25) is 0 Å². The first kappa shape index (κ1) is 19.6. The Hall–Kier alpha value is -4.33. The van der Waals surface area contributed by atoms with Gasteiger partial charge in [-0.15, -0.1) is 10.2 Å². The minimum atomic E-state index is -0.284. The summed E-state index contributed by atoms with van der Waals surface area (Å²) in [6, 6.07) is 21.5. The van der Waals surface area contributed by atoms with Crippen molar-refractivity contribution in [1.82, 2.24) is 29.5 Å². The first-order valence-corrected chi connectivity index (χ1v) is 10.2. The molecule has 0 aliphatic carbocycles. The summed E-state index contributed by atoms with van der Waals surface area (Å²) in [5.41, 5.74) is 4.61. The number of amides is 1. The summed E-state index contributed by atoms with van der Waals surface area (Å²) in [5.74, 6) is 0.0969. The summed E-state index contributed by atoms with van der Waals surface area (Å²) in [7, 11) is 1.83. The van der Waals surface area contributed by atoms with Gasteiger partial charge in [0.15, 0.2) is 5.65 Å². The number of carbonyl (C=O) groups excluding carboxylic acids is 1. The molecule has 8 nitrogen and oxygen atoms in total. The van der Waals surface area contributed by atoms with E-state index in [9.17, 15) is 4.79 Å². The predicted octanol–water partition coefficient (Wildman–Crippen LogP) is 3.84. The number of aryl methyl sites for hydroxylation is 2. The zero-order valence-corrected chi connectivity index (χ0v) is 17.7. The average molecular weight is 423 g/mol. The number of aromatic nitrogens is 6. The zero-order chi connectivity index (χ0) is 22.1. The van der Waals surface area contributed by atoms with Gasteiger partial charge in [-0.1, -0.05) is 60.7 Å². The van der Waals surface area contributed by atoms with Crippen LogP contribution in [-0.2, 0) is 13.6 Å². The quantitative estimate of drug-likeness (QED) is 0.464. The van der Waals surface area contributed by atoms with Crippen molar-refractivity contribution >= 4 is 22.9 Å². The number of fused-ring (bicyclic) bond motifs is 1. The van der Waals surface area contributed by atoms with Gasteiger partial charge in [0, 0.05) is 12.6 Å². The van der Waals surface area contributed by atoms with E-state index in [4.69, 9.17) is 4.98 Å².